The Hall–Kier alpha value is -2.02. The molecule has 0 saturated carbocycles. The molecule has 2 aromatic carbocycles. The summed E-state index contributed by atoms with van der Waals surface area (Å²) in [6.07, 6.45) is 17.1. The molecule has 0 aromatic heterocycles. The molecule has 134 valence electrons. The zero-order valence-electron chi connectivity index (χ0n) is 15.4. The summed E-state index contributed by atoms with van der Waals surface area (Å²) in [4.78, 5) is 0. The summed E-state index contributed by atoms with van der Waals surface area (Å²) in [7, 11) is 0. The molecule has 0 bridgehead atoms. The van der Waals surface area contributed by atoms with E-state index in [1.807, 2.05) is 12.1 Å². The van der Waals surface area contributed by atoms with Crippen LogP contribution in [0.15, 0.2) is 66.7 Å². The van der Waals surface area contributed by atoms with Crippen LogP contribution in [0.1, 0.15) is 62.5 Å². The molecule has 0 aliphatic heterocycles. The summed E-state index contributed by atoms with van der Waals surface area (Å²) in [5.74, 6) is 0.382. The molecule has 2 aromatic rings. The van der Waals surface area contributed by atoms with Gasteiger partial charge in [-0.25, -0.2) is 0 Å². The number of aryl methyl sites for hydroxylation is 2. The zero-order valence-corrected chi connectivity index (χ0v) is 15.4. The van der Waals surface area contributed by atoms with Gasteiger partial charge in [0.15, 0.2) is 0 Å². The molecule has 0 spiro atoms. The highest BCUT2D eigenvalue weighted by Gasteiger charge is 1.95. The van der Waals surface area contributed by atoms with Crippen molar-refractivity contribution in [3.8, 4) is 5.75 Å². The van der Waals surface area contributed by atoms with E-state index in [1.165, 1.54) is 68.9 Å². The van der Waals surface area contributed by atoms with Crippen molar-refractivity contribution in [2.75, 3.05) is 0 Å². The molecule has 0 atom stereocenters. The lowest BCUT2D eigenvalue weighted by Gasteiger charge is -2.02. The summed E-state index contributed by atoms with van der Waals surface area (Å²) in [5, 5.41) is 9.44. The minimum absolute atomic E-state index is 0.382. The Morgan fingerprint density at radius 2 is 1.24 bits per heavy atom. The van der Waals surface area contributed by atoms with E-state index in [0.717, 1.165) is 6.42 Å². The highest BCUT2D eigenvalue weighted by Crippen LogP contribution is 2.14. The van der Waals surface area contributed by atoms with Gasteiger partial charge in [-0.15, -0.1) is 0 Å². The average Bonchev–Trinajstić information content (AvgIpc) is 2.63. The van der Waals surface area contributed by atoms with E-state index < -0.39 is 0 Å². The fraction of sp³-hybridized carbons (Fsp3) is 0.417. The Balaban J connectivity index is 1.39. The molecule has 1 heteroatoms. The van der Waals surface area contributed by atoms with E-state index in [1.54, 1.807) is 6.07 Å². The molecule has 2 rings (SSSR count). The Labute approximate surface area is 153 Å². The number of phenolic OH excluding ortho intramolecular Hbond substituents is 1. The number of hydrogen-bond acceptors (Lipinski definition) is 1. The van der Waals surface area contributed by atoms with Gasteiger partial charge in [-0.05, 0) is 68.2 Å². The fourth-order valence-corrected chi connectivity index (χ4v) is 3.14. The predicted octanol–water partition coefficient (Wildman–Crippen LogP) is 6.85. The van der Waals surface area contributed by atoms with Crippen molar-refractivity contribution in [1.29, 1.82) is 0 Å². The van der Waals surface area contributed by atoms with Gasteiger partial charge < -0.3 is 5.11 Å². The first-order valence-electron chi connectivity index (χ1n) is 9.81. The van der Waals surface area contributed by atoms with Gasteiger partial charge in [-0.1, -0.05) is 73.9 Å². The summed E-state index contributed by atoms with van der Waals surface area (Å²) in [6.45, 7) is 0. The number of rotatable bonds is 12. The van der Waals surface area contributed by atoms with Crippen LogP contribution in [0, 0.1) is 0 Å². The molecule has 0 radical (unpaired) electrons. The Bertz CT molecular complexity index is 601. The smallest absolute Gasteiger partial charge is 0.115 e. The minimum atomic E-state index is 0.382. The Morgan fingerprint density at radius 3 is 2.04 bits per heavy atom. The molecule has 0 amide bonds. The van der Waals surface area contributed by atoms with Gasteiger partial charge >= 0.3 is 0 Å². The van der Waals surface area contributed by atoms with Gasteiger partial charge in [0.2, 0.25) is 0 Å². The maximum atomic E-state index is 9.44. The standard InChI is InChI=1S/C24H32O/c25-24-20-14-19-23(21-24)18-11-8-6-4-2-1-3-5-7-10-15-22-16-12-9-13-17-22/h3,5,9,12-14,16-17,19-21,25H,1-2,4,6-8,10-11,15,18H2/b5-3+. The largest absolute Gasteiger partial charge is 0.508 e. The highest BCUT2D eigenvalue weighted by molar-refractivity contribution is 5.27. The van der Waals surface area contributed by atoms with Gasteiger partial charge in [0.05, 0.1) is 0 Å². The van der Waals surface area contributed by atoms with E-state index in [4.69, 9.17) is 0 Å². The summed E-state index contributed by atoms with van der Waals surface area (Å²) in [5.41, 5.74) is 2.69. The highest BCUT2D eigenvalue weighted by atomic mass is 16.3. The van der Waals surface area contributed by atoms with E-state index in [9.17, 15) is 5.11 Å². The Morgan fingerprint density at radius 1 is 0.600 bits per heavy atom. The van der Waals surface area contributed by atoms with Crippen LogP contribution in [0.25, 0.3) is 0 Å². The van der Waals surface area contributed by atoms with Crippen LogP contribution in [-0.2, 0) is 12.8 Å². The maximum Gasteiger partial charge on any atom is 0.115 e. The Kier molecular flexibility index (Phi) is 9.54. The number of allylic oxidation sites excluding steroid dienone is 2. The van der Waals surface area contributed by atoms with Crippen molar-refractivity contribution < 1.29 is 5.11 Å². The normalized spacial score (nSPS) is 11.2. The van der Waals surface area contributed by atoms with Crippen LogP contribution in [-0.4, -0.2) is 5.11 Å². The van der Waals surface area contributed by atoms with Crippen molar-refractivity contribution in [1.82, 2.24) is 0 Å². The maximum absolute atomic E-state index is 9.44. The first-order chi connectivity index (χ1) is 12.3. The topological polar surface area (TPSA) is 20.2 Å². The number of benzene rings is 2. The van der Waals surface area contributed by atoms with Gasteiger partial charge in [0.1, 0.15) is 5.75 Å². The van der Waals surface area contributed by atoms with Crippen molar-refractivity contribution in [3.63, 3.8) is 0 Å². The molecule has 0 unspecified atom stereocenters. The lowest BCUT2D eigenvalue weighted by atomic mass is 10.0. The zero-order chi connectivity index (χ0) is 17.6. The number of unbranched alkanes of at least 4 members (excludes halogenated alkanes) is 6. The first kappa shape index (κ1) is 19.3. The van der Waals surface area contributed by atoms with E-state index in [-0.39, 0.29) is 0 Å². The molecule has 0 saturated heterocycles. The summed E-state index contributed by atoms with van der Waals surface area (Å²) in [6, 6.07) is 18.4. The lowest BCUT2D eigenvalue weighted by Crippen LogP contribution is -1.86. The van der Waals surface area contributed by atoms with E-state index in [0.29, 0.717) is 5.75 Å². The van der Waals surface area contributed by atoms with Crippen molar-refractivity contribution in [2.45, 2.75) is 64.2 Å². The third kappa shape index (κ3) is 9.14. The third-order valence-corrected chi connectivity index (χ3v) is 4.59. The van der Waals surface area contributed by atoms with Gasteiger partial charge in [0.25, 0.3) is 0 Å². The van der Waals surface area contributed by atoms with Crippen molar-refractivity contribution in [3.05, 3.63) is 77.9 Å². The van der Waals surface area contributed by atoms with Gasteiger partial charge in [-0.2, -0.15) is 0 Å². The van der Waals surface area contributed by atoms with Crippen LogP contribution in [0.3, 0.4) is 0 Å². The predicted molar refractivity (Wildman–Crippen MR) is 108 cm³/mol. The van der Waals surface area contributed by atoms with Crippen LogP contribution < -0.4 is 0 Å². The number of hydrogen-bond donors (Lipinski definition) is 1. The molecule has 25 heavy (non-hydrogen) atoms. The average molecular weight is 337 g/mol. The van der Waals surface area contributed by atoms with Crippen LogP contribution in [0.5, 0.6) is 5.75 Å². The van der Waals surface area contributed by atoms with Crippen LogP contribution in [0.4, 0.5) is 0 Å². The molecule has 0 fully saturated rings. The quantitative estimate of drug-likeness (QED) is 0.332. The third-order valence-electron chi connectivity index (χ3n) is 4.59. The molecular weight excluding hydrogens is 304 g/mol. The van der Waals surface area contributed by atoms with E-state index >= 15 is 0 Å². The monoisotopic (exact) mass is 336 g/mol. The van der Waals surface area contributed by atoms with Gasteiger partial charge in [0, 0.05) is 0 Å². The summed E-state index contributed by atoms with van der Waals surface area (Å²) >= 11 is 0. The number of aromatic hydroxyl groups is 1. The SMILES string of the molecule is Oc1cccc(CCCCCCC/C=C/CCCc2ccccc2)c1. The second kappa shape index (κ2) is 12.4. The molecule has 0 aliphatic rings. The second-order valence-corrected chi connectivity index (χ2v) is 6.83. The van der Waals surface area contributed by atoms with Gasteiger partial charge in [-0.3, -0.25) is 0 Å². The molecule has 1 nitrogen and oxygen atoms in total. The van der Waals surface area contributed by atoms with Crippen molar-refractivity contribution >= 4 is 0 Å². The van der Waals surface area contributed by atoms with Crippen LogP contribution >= 0.6 is 0 Å². The summed E-state index contributed by atoms with van der Waals surface area (Å²) < 4.78 is 0. The van der Waals surface area contributed by atoms with E-state index in [2.05, 4.69) is 48.6 Å². The molecule has 1 N–H and O–H groups in total. The van der Waals surface area contributed by atoms with Crippen molar-refractivity contribution in [2.24, 2.45) is 0 Å². The fourth-order valence-electron chi connectivity index (χ4n) is 3.14. The molecule has 0 heterocycles. The number of phenols is 1. The molecular formula is C24H32O. The second-order valence-electron chi connectivity index (χ2n) is 6.83. The minimum Gasteiger partial charge on any atom is -0.508 e. The lowest BCUT2D eigenvalue weighted by molar-refractivity contribution is 0.474. The molecule has 0 aliphatic carbocycles. The van der Waals surface area contributed by atoms with Crippen LogP contribution in [0.2, 0.25) is 0 Å². The first-order valence-corrected chi connectivity index (χ1v) is 9.81.